The average molecular weight is 315 g/mol. The van der Waals surface area contributed by atoms with Crippen LogP contribution in [0.15, 0.2) is 0 Å². The molecule has 0 amide bonds. The number of aliphatic carboxylic acids is 1. The van der Waals surface area contributed by atoms with E-state index >= 15 is 0 Å². The smallest absolute Gasteiger partial charge is 1.00 e. The largest absolute Gasteiger partial charge is 2.00 e. The van der Waals surface area contributed by atoms with E-state index in [-0.39, 0.29) is 163 Å². The fourth-order valence-corrected chi connectivity index (χ4v) is 0. The van der Waals surface area contributed by atoms with Crippen molar-refractivity contribution in [3.05, 3.63) is 0 Å². The Balaban J connectivity index is -0.00000000800. The molecule has 13 heavy (non-hydrogen) atoms. The molecule has 0 fully saturated rings. The van der Waals surface area contributed by atoms with E-state index in [0.717, 1.165) is 6.92 Å². The second kappa shape index (κ2) is 36.0. The Morgan fingerprint density at radius 3 is 0.846 bits per heavy atom. The summed E-state index contributed by atoms with van der Waals surface area (Å²) < 4.78 is 0. The first-order valence-electron chi connectivity index (χ1n) is 1.52. The molecule has 56 valence electrons. The number of hydrogen-bond donors (Lipinski definition) is 0. The molecule has 0 N–H and O–H groups in total. The van der Waals surface area contributed by atoms with Gasteiger partial charge in [0.1, 0.15) is 0 Å². The first-order valence-corrected chi connectivity index (χ1v) is 1.52. The summed E-state index contributed by atoms with van der Waals surface area (Å²) in [6.45, 7) is 0.972. The summed E-state index contributed by atoms with van der Waals surface area (Å²) in [6.07, 6.45) is -2.33. The summed E-state index contributed by atoms with van der Waals surface area (Å²) in [4.78, 5) is 17.2. The van der Waals surface area contributed by atoms with Crippen molar-refractivity contribution in [2.45, 2.75) is 6.92 Å². The second-order valence-corrected chi connectivity index (χ2v) is 0.742. The second-order valence-electron chi connectivity index (χ2n) is 0.742. The zero-order valence-electron chi connectivity index (χ0n) is 7.25. The van der Waals surface area contributed by atoms with Crippen LogP contribution in [-0.4, -0.2) is 163 Å². The zero-order chi connectivity index (χ0) is 7.15. The van der Waals surface area contributed by atoms with E-state index in [4.69, 9.17) is 24.9 Å². The summed E-state index contributed by atoms with van der Waals surface area (Å²) in [5.74, 6) is -1.08. The molecule has 0 aliphatic heterocycles. The number of hydrogen-bond acceptors (Lipinski definition) is 5. The zero-order valence-corrected chi connectivity index (χ0v) is 16.8. The number of rotatable bonds is 0. The van der Waals surface area contributed by atoms with E-state index in [0.29, 0.717) is 0 Å². The maximum atomic E-state index is 8.89. The Hall–Kier alpha value is 4.07. The van der Waals surface area contributed by atoms with Crippen LogP contribution in [0.4, 0.5) is 4.79 Å². The number of carboxylic acid groups (broad SMARTS) is 3. The average Bonchev–Trinajstić information content (AvgIpc) is 1.25. The molecule has 0 aromatic heterocycles. The molecule has 0 rings (SSSR count). The fourth-order valence-electron chi connectivity index (χ4n) is 0. The molecule has 0 heterocycles. The molecule has 0 aliphatic rings. The maximum Gasteiger partial charge on any atom is 2.00 e. The van der Waals surface area contributed by atoms with E-state index in [2.05, 4.69) is 0 Å². The SMILES string of the molecule is CC(=O)[O-].O=C([O-])[O-].[Ca+2].[Ca+2].[Ca+2].[Ca+2].[Cl-]. The first-order chi connectivity index (χ1) is 3.46. The van der Waals surface area contributed by atoms with Crippen LogP contribution in [0.25, 0.3) is 0 Å². The van der Waals surface area contributed by atoms with Crippen molar-refractivity contribution in [3.63, 3.8) is 0 Å². The van der Waals surface area contributed by atoms with Crippen LogP contribution in [0.3, 0.4) is 0 Å². The minimum Gasteiger partial charge on any atom is -1.00 e. The molecule has 0 radical (unpaired) electrons. The third kappa shape index (κ3) is 192. The van der Waals surface area contributed by atoms with Crippen molar-refractivity contribution in [3.8, 4) is 0 Å². The van der Waals surface area contributed by atoms with Gasteiger partial charge in [-0.05, 0) is 13.1 Å². The van der Waals surface area contributed by atoms with Crippen LogP contribution in [0.2, 0.25) is 0 Å². The molecule has 0 aliphatic carbocycles. The van der Waals surface area contributed by atoms with E-state index in [1.54, 1.807) is 0 Å². The van der Waals surface area contributed by atoms with Crippen LogP contribution in [-0.2, 0) is 4.79 Å². The van der Waals surface area contributed by atoms with Crippen molar-refractivity contribution >= 4 is 163 Å². The van der Waals surface area contributed by atoms with Gasteiger partial charge in [-0.25, -0.2) is 0 Å². The van der Waals surface area contributed by atoms with Crippen LogP contribution in [0, 0.1) is 0 Å². The summed E-state index contributed by atoms with van der Waals surface area (Å²) in [7, 11) is 0. The summed E-state index contributed by atoms with van der Waals surface area (Å²) in [6, 6.07) is 0. The Morgan fingerprint density at radius 2 is 0.846 bits per heavy atom. The summed E-state index contributed by atoms with van der Waals surface area (Å²) >= 11 is 0. The van der Waals surface area contributed by atoms with E-state index in [1.807, 2.05) is 0 Å². The van der Waals surface area contributed by atoms with Gasteiger partial charge in [0.25, 0.3) is 0 Å². The van der Waals surface area contributed by atoms with Gasteiger partial charge >= 0.3 is 151 Å². The Kier molecular flexibility index (Phi) is 120. The third-order valence-corrected chi connectivity index (χ3v) is 0. The fraction of sp³-hybridized carbons (Fsp3) is 0.333. The molecule has 0 aromatic rings. The van der Waals surface area contributed by atoms with Gasteiger partial charge in [-0.3, -0.25) is 0 Å². The van der Waals surface area contributed by atoms with Crippen molar-refractivity contribution in [2.24, 2.45) is 0 Å². The molecule has 0 spiro atoms. The van der Waals surface area contributed by atoms with Gasteiger partial charge in [-0.1, -0.05) is 0 Å². The van der Waals surface area contributed by atoms with Gasteiger partial charge < -0.3 is 37.3 Å². The van der Waals surface area contributed by atoms with Gasteiger partial charge in [0, 0.05) is 5.97 Å². The van der Waals surface area contributed by atoms with Crippen LogP contribution in [0.1, 0.15) is 6.92 Å². The Labute approximate surface area is 202 Å². The molecule has 10 heteroatoms. The van der Waals surface area contributed by atoms with Crippen LogP contribution >= 0.6 is 0 Å². The predicted octanol–water partition coefficient (Wildman–Crippen LogP) is -8.21. The minimum atomic E-state index is -2.33. The van der Waals surface area contributed by atoms with E-state index in [1.165, 1.54) is 0 Å². The van der Waals surface area contributed by atoms with Gasteiger partial charge in [0.15, 0.2) is 0 Å². The topological polar surface area (TPSA) is 103 Å². The van der Waals surface area contributed by atoms with Gasteiger partial charge in [0.05, 0.1) is 0 Å². The van der Waals surface area contributed by atoms with Gasteiger partial charge in [0.2, 0.25) is 0 Å². The number of carbonyl (C=O) groups is 2. The van der Waals surface area contributed by atoms with Crippen molar-refractivity contribution in [2.75, 3.05) is 0 Å². The molecular formula is C3H3Ca4ClO5+4. The van der Waals surface area contributed by atoms with Crippen LogP contribution in [0.5, 0.6) is 0 Å². The Morgan fingerprint density at radius 1 is 0.846 bits per heavy atom. The predicted molar refractivity (Wildman–Crippen MR) is 39.1 cm³/mol. The Bertz CT molecular complexity index is 81.8. The van der Waals surface area contributed by atoms with Gasteiger partial charge in [-0.2, -0.15) is 0 Å². The molecule has 0 saturated carbocycles. The molecule has 0 atom stereocenters. The van der Waals surface area contributed by atoms with Crippen molar-refractivity contribution in [1.82, 2.24) is 0 Å². The number of carbonyl (C=O) groups excluding carboxylic acids is 2. The minimum absolute atomic E-state index is 0. The molecule has 0 aromatic carbocycles. The molecule has 0 saturated heterocycles. The standard InChI is InChI=1S/C2H4O2.CH2O3.4Ca.ClH/c1-2(3)4;2-1(3)4;;;;;/h1H3,(H,3,4);(H2,2,3,4);;;;;1H/q;;4*+2;/p-4. The van der Waals surface area contributed by atoms with E-state index < -0.39 is 12.1 Å². The molecule has 0 bridgehead atoms. The first kappa shape index (κ1) is 43.5. The molecule has 0 unspecified atom stereocenters. The van der Waals surface area contributed by atoms with Crippen molar-refractivity contribution < 1.29 is 37.3 Å². The normalized spacial score (nSPS) is 3.77. The van der Waals surface area contributed by atoms with Crippen LogP contribution < -0.4 is 27.7 Å². The number of carboxylic acids is 1. The summed E-state index contributed by atoms with van der Waals surface area (Å²) in [5.41, 5.74) is 0. The summed E-state index contributed by atoms with van der Waals surface area (Å²) in [5, 5.41) is 25.6. The quantitative estimate of drug-likeness (QED) is 0.413. The molecule has 5 nitrogen and oxygen atoms in total. The molecular weight excluding hydrogens is 312 g/mol. The third-order valence-electron chi connectivity index (χ3n) is 0. The van der Waals surface area contributed by atoms with E-state index in [9.17, 15) is 0 Å². The monoisotopic (exact) mass is 314 g/mol. The number of halogens is 1. The maximum absolute atomic E-state index is 8.89. The van der Waals surface area contributed by atoms with Gasteiger partial charge in [-0.15, -0.1) is 0 Å². The van der Waals surface area contributed by atoms with Crippen molar-refractivity contribution in [1.29, 1.82) is 0 Å².